The van der Waals surface area contributed by atoms with E-state index in [1.54, 1.807) is 6.07 Å². The van der Waals surface area contributed by atoms with Crippen molar-refractivity contribution in [2.45, 2.75) is 6.54 Å². The largest absolute Gasteiger partial charge is 0.381 e. The Morgan fingerprint density at radius 1 is 1.30 bits per heavy atom. The predicted molar refractivity (Wildman–Crippen MR) is 79.5 cm³/mol. The van der Waals surface area contributed by atoms with Gasteiger partial charge in [0.15, 0.2) is 0 Å². The highest BCUT2D eigenvalue weighted by Crippen LogP contribution is 2.24. The fourth-order valence-corrected chi connectivity index (χ4v) is 2.16. The van der Waals surface area contributed by atoms with Gasteiger partial charge in [0.2, 0.25) is 5.82 Å². The molecular weight excluding hydrogens is 351 g/mol. The maximum absolute atomic E-state index is 13.4. The van der Waals surface area contributed by atoms with Crippen LogP contribution in [0.25, 0.3) is 0 Å². The molecule has 2 rings (SSSR count). The summed E-state index contributed by atoms with van der Waals surface area (Å²) in [7, 11) is 0. The van der Waals surface area contributed by atoms with Gasteiger partial charge in [-0.2, -0.15) is 4.39 Å². The van der Waals surface area contributed by atoms with Gasteiger partial charge >= 0.3 is 5.69 Å². The summed E-state index contributed by atoms with van der Waals surface area (Å²) in [5.41, 5.74) is 0.879. The van der Waals surface area contributed by atoms with E-state index in [1.165, 1.54) is 6.07 Å². The van der Waals surface area contributed by atoms with Crippen molar-refractivity contribution in [1.29, 1.82) is 0 Å². The Morgan fingerprint density at radius 2 is 2.05 bits per heavy atom. The summed E-state index contributed by atoms with van der Waals surface area (Å²) in [6.45, 7) is 0.451. The number of nitro benzene ring substituents is 1. The van der Waals surface area contributed by atoms with E-state index in [2.05, 4.69) is 21.2 Å². The molecule has 0 fully saturated rings. The molecule has 20 heavy (non-hydrogen) atoms. The number of benzene rings is 2. The zero-order valence-electron chi connectivity index (χ0n) is 10.1. The van der Waals surface area contributed by atoms with Gasteiger partial charge in [-0.15, -0.1) is 0 Å². The Labute approximate surface area is 127 Å². The third-order valence-electron chi connectivity index (χ3n) is 2.63. The first-order valence-electron chi connectivity index (χ1n) is 5.59. The minimum atomic E-state index is -0.864. The van der Waals surface area contributed by atoms with E-state index in [0.29, 0.717) is 17.3 Å². The van der Waals surface area contributed by atoms with E-state index < -0.39 is 16.4 Å². The van der Waals surface area contributed by atoms with Crippen LogP contribution in [0.3, 0.4) is 0 Å². The van der Waals surface area contributed by atoms with Crippen molar-refractivity contribution >= 4 is 38.9 Å². The standard InChI is InChI=1S/C13H9BrClFN2O2/c14-10-5-8(1-3-11(10)15)7-17-9-2-4-13(18(19)20)12(16)6-9/h1-6,17H,7H2. The minimum Gasteiger partial charge on any atom is -0.381 e. The van der Waals surface area contributed by atoms with Crippen molar-refractivity contribution in [3.63, 3.8) is 0 Å². The van der Waals surface area contributed by atoms with Crippen molar-refractivity contribution in [2.24, 2.45) is 0 Å². The Bertz CT molecular complexity index is 667. The summed E-state index contributed by atoms with van der Waals surface area (Å²) in [6.07, 6.45) is 0. The second-order valence-corrected chi connectivity index (χ2v) is 5.29. The van der Waals surface area contributed by atoms with Gasteiger partial charge in [-0.1, -0.05) is 17.7 Å². The molecule has 7 heteroatoms. The molecule has 0 saturated carbocycles. The van der Waals surface area contributed by atoms with Crippen LogP contribution in [0.2, 0.25) is 5.02 Å². The van der Waals surface area contributed by atoms with E-state index in [9.17, 15) is 14.5 Å². The molecule has 0 unspecified atom stereocenters. The molecule has 0 aliphatic carbocycles. The summed E-state index contributed by atoms with van der Waals surface area (Å²) in [5, 5.41) is 14.1. The van der Waals surface area contributed by atoms with Crippen LogP contribution in [-0.4, -0.2) is 4.92 Å². The molecule has 0 aliphatic rings. The summed E-state index contributed by atoms with van der Waals surface area (Å²) in [4.78, 5) is 9.75. The molecule has 2 aromatic rings. The number of nitro groups is 1. The molecule has 1 N–H and O–H groups in total. The third-order valence-corrected chi connectivity index (χ3v) is 3.84. The Hall–Kier alpha value is -1.66. The van der Waals surface area contributed by atoms with Crippen LogP contribution in [0.5, 0.6) is 0 Å². The summed E-state index contributed by atoms with van der Waals surface area (Å²) < 4.78 is 14.2. The molecule has 0 heterocycles. The zero-order chi connectivity index (χ0) is 14.7. The van der Waals surface area contributed by atoms with Crippen molar-refractivity contribution < 1.29 is 9.31 Å². The maximum atomic E-state index is 13.4. The second-order valence-electron chi connectivity index (χ2n) is 4.03. The highest BCUT2D eigenvalue weighted by Gasteiger charge is 2.13. The Kier molecular flexibility index (Phi) is 4.57. The molecular formula is C13H9BrClFN2O2. The van der Waals surface area contributed by atoms with E-state index in [1.807, 2.05) is 12.1 Å². The number of anilines is 1. The number of nitrogens with zero attached hydrogens (tertiary/aromatic N) is 1. The smallest absolute Gasteiger partial charge is 0.304 e. The molecule has 0 aromatic heterocycles. The average Bonchev–Trinajstić information content (AvgIpc) is 2.40. The molecule has 0 spiro atoms. The lowest BCUT2D eigenvalue weighted by atomic mass is 10.2. The number of hydrogen-bond donors (Lipinski definition) is 1. The SMILES string of the molecule is O=[N+]([O-])c1ccc(NCc2ccc(Cl)c(Br)c2)cc1F. The number of hydrogen-bond acceptors (Lipinski definition) is 3. The topological polar surface area (TPSA) is 55.2 Å². The van der Waals surface area contributed by atoms with E-state index in [4.69, 9.17) is 11.6 Å². The van der Waals surface area contributed by atoms with Gasteiger partial charge in [0, 0.05) is 28.8 Å². The lowest BCUT2D eigenvalue weighted by Crippen LogP contribution is -2.01. The molecule has 0 amide bonds. The van der Waals surface area contributed by atoms with Gasteiger partial charge in [0.1, 0.15) is 0 Å². The molecule has 0 saturated heterocycles. The van der Waals surface area contributed by atoms with Gasteiger partial charge < -0.3 is 5.32 Å². The first-order valence-corrected chi connectivity index (χ1v) is 6.76. The Morgan fingerprint density at radius 3 is 2.65 bits per heavy atom. The van der Waals surface area contributed by atoms with Crippen LogP contribution in [0.1, 0.15) is 5.56 Å². The quantitative estimate of drug-likeness (QED) is 0.632. The fourth-order valence-electron chi connectivity index (χ4n) is 1.62. The van der Waals surface area contributed by atoms with Crippen LogP contribution >= 0.6 is 27.5 Å². The normalized spacial score (nSPS) is 10.3. The summed E-state index contributed by atoms with van der Waals surface area (Å²) in [5.74, 6) is -0.864. The average molecular weight is 360 g/mol. The van der Waals surface area contributed by atoms with Crippen LogP contribution < -0.4 is 5.32 Å². The molecule has 2 aromatic carbocycles. The first-order chi connectivity index (χ1) is 9.47. The van der Waals surface area contributed by atoms with Crippen molar-refractivity contribution in [1.82, 2.24) is 0 Å². The molecule has 0 bridgehead atoms. The zero-order valence-corrected chi connectivity index (χ0v) is 12.4. The van der Waals surface area contributed by atoms with E-state index in [-0.39, 0.29) is 0 Å². The lowest BCUT2D eigenvalue weighted by molar-refractivity contribution is -0.387. The lowest BCUT2D eigenvalue weighted by Gasteiger charge is -2.07. The molecule has 104 valence electrons. The van der Waals surface area contributed by atoms with Gasteiger partial charge in [-0.3, -0.25) is 10.1 Å². The number of halogens is 3. The maximum Gasteiger partial charge on any atom is 0.304 e. The van der Waals surface area contributed by atoms with Crippen LogP contribution in [0.4, 0.5) is 15.8 Å². The van der Waals surface area contributed by atoms with E-state index >= 15 is 0 Å². The Balaban J connectivity index is 2.09. The third kappa shape index (κ3) is 3.46. The highest BCUT2D eigenvalue weighted by molar-refractivity contribution is 9.10. The van der Waals surface area contributed by atoms with Crippen LogP contribution in [0.15, 0.2) is 40.9 Å². The summed E-state index contributed by atoms with van der Waals surface area (Å²) in [6, 6.07) is 9.13. The molecule has 4 nitrogen and oxygen atoms in total. The van der Waals surface area contributed by atoms with Crippen LogP contribution in [-0.2, 0) is 6.54 Å². The minimum absolute atomic E-state index is 0.451. The van der Waals surface area contributed by atoms with Crippen molar-refractivity contribution in [3.8, 4) is 0 Å². The van der Waals surface area contributed by atoms with Gasteiger partial charge in [0.05, 0.1) is 9.95 Å². The van der Waals surface area contributed by atoms with Gasteiger partial charge in [0.25, 0.3) is 0 Å². The fraction of sp³-hybridized carbons (Fsp3) is 0.0769. The first kappa shape index (κ1) is 14.7. The molecule has 0 aliphatic heterocycles. The van der Waals surface area contributed by atoms with Crippen molar-refractivity contribution in [2.75, 3.05) is 5.32 Å². The van der Waals surface area contributed by atoms with Crippen LogP contribution in [0, 0.1) is 15.9 Å². The number of nitrogens with one attached hydrogen (secondary N) is 1. The molecule has 0 atom stereocenters. The second kappa shape index (κ2) is 6.19. The van der Waals surface area contributed by atoms with Gasteiger partial charge in [-0.05, 0) is 39.7 Å². The van der Waals surface area contributed by atoms with Gasteiger partial charge in [-0.25, -0.2) is 0 Å². The summed E-state index contributed by atoms with van der Waals surface area (Å²) >= 11 is 9.20. The molecule has 0 radical (unpaired) electrons. The van der Waals surface area contributed by atoms with E-state index in [0.717, 1.165) is 22.2 Å². The van der Waals surface area contributed by atoms with Crippen molar-refractivity contribution in [3.05, 3.63) is 67.4 Å². The highest BCUT2D eigenvalue weighted by atomic mass is 79.9. The monoisotopic (exact) mass is 358 g/mol. The predicted octanol–water partition coefficient (Wildman–Crippen LogP) is 4.76. The number of rotatable bonds is 4.